The van der Waals surface area contributed by atoms with Gasteiger partial charge in [0, 0.05) is 24.4 Å². The van der Waals surface area contributed by atoms with Crippen LogP contribution in [0.25, 0.3) is 5.78 Å². The summed E-state index contributed by atoms with van der Waals surface area (Å²) in [6.07, 6.45) is 1.56. The molecular formula is C18H19N5O4. The van der Waals surface area contributed by atoms with Gasteiger partial charge in [-0.05, 0) is 32.0 Å². The Morgan fingerprint density at radius 1 is 1.30 bits per heavy atom. The van der Waals surface area contributed by atoms with Gasteiger partial charge in [0.2, 0.25) is 5.82 Å². The summed E-state index contributed by atoms with van der Waals surface area (Å²) in [6, 6.07) is 4.74. The van der Waals surface area contributed by atoms with Gasteiger partial charge in [-0.3, -0.25) is 9.59 Å². The predicted octanol–water partition coefficient (Wildman–Crippen LogP) is 1.45. The van der Waals surface area contributed by atoms with E-state index in [1.54, 1.807) is 21.5 Å². The number of hydrogen-bond acceptors (Lipinski definition) is 7. The first-order valence-corrected chi connectivity index (χ1v) is 8.69. The Bertz CT molecular complexity index is 995. The number of ether oxygens (including phenoxy) is 1. The molecule has 1 aliphatic rings. The fourth-order valence-corrected chi connectivity index (χ4v) is 3.23. The van der Waals surface area contributed by atoms with Crippen LogP contribution in [0, 0.1) is 13.8 Å². The van der Waals surface area contributed by atoms with Crippen molar-refractivity contribution in [3.05, 3.63) is 47.4 Å². The molecule has 27 heavy (non-hydrogen) atoms. The molecule has 0 radical (unpaired) electrons. The minimum Gasteiger partial charge on any atom is -0.461 e. The van der Waals surface area contributed by atoms with Gasteiger partial charge in [-0.1, -0.05) is 0 Å². The van der Waals surface area contributed by atoms with E-state index in [9.17, 15) is 9.59 Å². The minimum absolute atomic E-state index is 0.0635. The molecule has 9 nitrogen and oxygen atoms in total. The van der Waals surface area contributed by atoms with Crippen LogP contribution in [0.3, 0.4) is 0 Å². The summed E-state index contributed by atoms with van der Waals surface area (Å²) in [5, 5.41) is 4.30. The molecule has 0 aromatic carbocycles. The van der Waals surface area contributed by atoms with Crippen molar-refractivity contribution in [2.45, 2.75) is 26.3 Å². The molecule has 3 aromatic rings. The van der Waals surface area contributed by atoms with Gasteiger partial charge < -0.3 is 14.1 Å². The maximum absolute atomic E-state index is 13.0. The number of aromatic nitrogens is 4. The lowest BCUT2D eigenvalue weighted by Gasteiger charge is -2.34. The lowest BCUT2D eigenvalue weighted by Crippen LogP contribution is -2.49. The Morgan fingerprint density at radius 2 is 2.15 bits per heavy atom. The van der Waals surface area contributed by atoms with Gasteiger partial charge in [-0.25, -0.2) is 9.50 Å². The summed E-state index contributed by atoms with van der Waals surface area (Å²) in [6.45, 7) is 4.80. The lowest BCUT2D eigenvalue weighted by atomic mass is 10.1. The summed E-state index contributed by atoms with van der Waals surface area (Å²) in [4.78, 5) is 35.6. The summed E-state index contributed by atoms with van der Waals surface area (Å²) in [5.74, 6) is 0.206. The summed E-state index contributed by atoms with van der Waals surface area (Å²) in [5.41, 5.74) is 1.65. The van der Waals surface area contributed by atoms with Crippen LogP contribution in [0.1, 0.15) is 39.0 Å². The van der Waals surface area contributed by atoms with Crippen molar-refractivity contribution in [3.8, 4) is 0 Å². The smallest absolute Gasteiger partial charge is 0.294 e. The number of amides is 1. The topological polar surface area (TPSA) is 103 Å². The van der Waals surface area contributed by atoms with E-state index in [1.807, 2.05) is 19.9 Å². The van der Waals surface area contributed by atoms with Crippen molar-refractivity contribution < 1.29 is 18.7 Å². The SMILES string of the molecule is Cc1cc(C)n2nc(C(=O)N3CCOCC3CC(=O)c3ccco3)nc2n1. The van der Waals surface area contributed by atoms with Crippen LogP contribution in [-0.2, 0) is 4.74 Å². The molecule has 0 N–H and O–H groups in total. The van der Waals surface area contributed by atoms with Gasteiger partial charge in [0.25, 0.3) is 11.7 Å². The van der Waals surface area contributed by atoms with Crippen LogP contribution in [0.15, 0.2) is 28.9 Å². The van der Waals surface area contributed by atoms with E-state index >= 15 is 0 Å². The van der Waals surface area contributed by atoms with Gasteiger partial charge in [0.1, 0.15) is 0 Å². The molecule has 0 spiro atoms. The Morgan fingerprint density at radius 3 is 2.93 bits per heavy atom. The van der Waals surface area contributed by atoms with E-state index in [4.69, 9.17) is 9.15 Å². The van der Waals surface area contributed by atoms with Gasteiger partial charge >= 0.3 is 0 Å². The van der Waals surface area contributed by atoms with E-state index in [-0.39, 0.29) is 36.3 Å². The molecule has 1 atom stereocenters. The van der Waals surface area contributed by atoms with Crippen molar-refractivity contribution in [2.24, 2.45) is 0 Å². The van der Waals surface area contributed by atoms with E-state index in [2.05, 4.69) is 15.1 Å². The van der Waals surface area contributed by atoms with E-state index in [0.29, 0.717) is 18.9 Å². The fraction of sp³-hybridized carbons (Fsp3) is 0.389. The summed E-state index contributed by atoms with van der Waals surface area (Å²) in [7, 11) is 0. The summed E-state index contributed by atoms with van der Waals surface area (Å²) >= 11 is 0. The monoisotopic (exact) mass is 369 g/mol. The molecule has 4 rings (SSSR count). The van der Waals surface area contributed by atoms with Crippen molar-refractivity contribution in [1.29, 1.82) is 0 Å². The Kier molecular flexibility index (Phi) is 4.44. The molecule has 3 aromatic heterocycles. The Labute approximate surface area is 155 Å². The first-order chi connectivity index (χ1) is 13.0. The molecule has 4 heterocycles. The molecule has 1 unspecified atom stereocenters. The maximum atomic E-state index is 13.0. The van der Waals surface area contributed by atoms with Crippen LogP contribution in [0.4, 0.5) is 0 Å². The van der Waals surface area contributed by atoms with Crippen LogP contribution in [0.2, 0.25) is 0 Å². The number of rotatable bonds is 4. The van der Waals surface area contributed by atoms with Crippen molar-refractivity contribution in [3.63, 3.8) is 0 Å². The van der Waals surface area contributed by atoms with E-state index < -0.39 is 6.04 Å². The third-order valence-corrected chi connectivity index (χ3v) is 4.51. The second kappa shape index (κ2) is 6.92. The predicted molar refractivity (Wildman–Crippen MR) is 93.6 cm³/mol. The molecule has 1 fully saturated rings. The number of ketones is 1. The molecule has 0 saturated carbocycles. The zero-order chi connectivity index (χ0) is 19.0. The first-order valence-electron chi connectivity index (χ1n) is 8.69. The van der Waals surface area contributed by atoms with E-state index in [1.165, 1.54) is 6.26 Å². The molecule has 0 aliphatic carbocycles. The molecule has 140 valence electrons. The molecule has 1 saturated heterocycles. The standard InChI is InChI=1S/C18H19N5O4/c1-11-8-12(2)23-18(19-11)20-16(21-23)17(25)22-5-7-26-10-13(22)9-14(24)15-4-3-6-27-15/h3-4,6,8,13H,5,7,9-10H2,1-2H3. The van der Waals surface area contributed by atoms with Gasteiger partial charge in [-0.2, -0.15) is 4.98 Å². The fourth-order valence-electron chi connectivity index (χ4n) is 3.23. The minimum atomic E-state index is -0.397. The van der Waals surface area contributed by atoms with Crippen molar-refractivity contribution in [2.75, 3.05) is 19.8 Å². The number of aryl methyl sites for hydroxylation is 2. The molecule has 0 bridgehead atoms. The average Bonchev–Trinajstić information content (AvgIpc) is 3.31. The Hall–Kier alpha value is -3.07. The highest BCUT2D eigenvalue weighted by Crippen LogP contribution is 2.17. The number of carbonyl (C=O) groups excluding carboxylic acids is 2. The Balaban J connectivity index is 1.59. The lowest BCUT2D eigenvalue weighted by molar-refractivity contribution is -0.00363. The van der Waals surface area contributed by atoms with Crippen LogP contribution < -0.4 is 0 Å². The van der Waals surface area contributed by atoms with Crippen LogP contribution >= 0.6 is 0 Å². The average molecular weight is 369 g/mol. The number of fused-ring (bicyclic) bond motifs is 1. The van der Waals surface area contributed by atoms with Crippen LogP contribution in [-0.4, -0.2) is 62.0 Å². The number of Topliss-reactive ketones (excluding diaryl/α,β-unsaturated/α-hetero) is 1. The van der Waals surface area contributed by atoms with Crippen molar-refractivity contribution in [1.82, 2.24) is 24.5 Å². The molecule has 9 heteroatoms. The number of carbonyl (C=O) groups is 2. The highest BCUT2D eigenvalue weighted by atomic mass is 16.5. The molecule has 1 aliphatic heterocycles. The van der Waals surface area contributed by atoms with E-state index in [0.717, 1.165) is 11.4 Å². The number of furan rings is 1. The zero-order valence-corrected chi connectivity index (χ0v) is 15.1. The normalized spacial score (nSPS) is 17.4. The van der Waals surface area contributed by atoms with Gasteiger partial charge in [-0.15, -0.1) is 5.10 Å². The molecule has 1 amide bonds. The quantitative estimate of drug-likeness (QED) is 0.641. The summed E-state index contributed by atoms with van der Waals surface area (Å²) < 4.78 is 12.2. The number of hydrogen-bond donors (Lipinski definition) is 0. The maximum Gasteiger partial charge on any atom is 0.294 e. The van der Waals surface area contributed by atoms with Crippen LogP contribution in [0.5, 0.6) is 0 Å². The van der Waals surface area contributed by atoms with Gasteiger partial charge in [0.05, 0.1) is 25.5 Å². The van der Waals surface area contributed by atoms with Crippen molar-refractivity contribution >= 4 is 17.5 Å². The largest absolute Gasteiger partial charge is 0.461 e. The number of morpholine rings is 1. The highest BCUT2D eigenvalue weighted by molar-refractivity contribution is 5.95. The third-order valence-electron chi connectivity index (χ3n) is 4.51. The second-order valence-electron chi connectivity index (χ2n) is 6.52. The highest BCUT2D eigenvalue weighted by Gasteiger charge is 2.32. The first kappa shape index (κ1) is 17.3. The second-order valence-corrected chi connectivity index (χ2v) is 6.52. The van der Waals surface area contributed by atoms with Gasteiger partial charge in [0.15, 0.2) is 11.5 Å². The zero-order valence-electron chi connectivity index (χ0n) is 15.1. The third kappa shape index (κ3) is 3.33. The number of nitrogens with zero attached hydrogens (tertiary/aromatic N) is 5. The molecular weight excluding hydrogens is 350 g/mol.